The van der Waals surface area contributed by atoms with Gasteiger partial charge in [-0.3, -0.25) is 4.98 Å². The lowest BCUT2D eigenvalue weighted by atomic mass is 10.5. The summed E-state index contributed by atoms with van der Waals surface area (Å²) in [6.45, 7) is 0. The first-order valence-electron chi connectivity index (χ1n) is 2.30. The molecular formula is C5H7ClNOP. The highest BCUT2D eigenvalue weighted by molar-refractivity contribution is 7.57. The van der Waals surface area contributed by atoms with Crippen molar-refractivity contribution < 1.29 is 4.57 Å². The van der Waals surface area contributed by atoms with Gasteiger partial charge in [-0.2, -0.15) is 0 Å². The van der Waals surface area contributed by atoms with Gasteiger partial charge in [-0.25, -0.2) is 0 Å². The molecule has 50 valence electrons. The third-order valence-electron chi connectivity index (χ3n) is 0.566. The summed E-state index contributed by atoms with van der Waals surface area (Å²) in [5.74, 6) is 0. The van der Waals surface area contributed by atoms with Crippen molar-refractivity contribution in [1.29, 1.82) is 0 Å². The average Bonchev–Trinajstić information content (AvgIpc) is 1.93. The van der Waals surface area contributed by atoms with Crippen LogP contribution in [0.15, 0.2) is 30.6 Å². The fourth-order valence-electron chi connectivity index (χ4n) is 0.313. The highest BCUT2D eigenvalue weighted by atomic mass is 35.7. The molecule has 1 unspecified atom stereocenters. The van der Waals surface area contributed by atoms with E-state index in [1.807, 2.05) is 18.2 Å². The summed E-state index contributed by atoms with van der Waals surface area (Å²) in [4.78, 5) is 3.78. The number of pyridine rings is 1. The van der Waals surface area contributed by atoms with E-state index in [0.29, 0.717) is 0 Å². The summed E-state index contributed by atoms with van der Waals surface area (Å²) in [6.07, 6.45) is 3.50. The van der Waals surface area contributed by atoms with Crippen LogP contribution in [0.1, 0.15) is 0 Å². The third kappa shape index (κ3) is 7.67. The number of halogens is 1. The molecule has 0 amide bonds. The van der Waals surface area contributed by atoms with Crippen LogP contribution in [0, 0.1) is 0 Å². The van der Waals surface area contributed by atoms with Gasteiger partial charge in [-0.05, 0) is 12.1 Å². The molecule has 0 bridgehead atoms. The van der Waals surface area contributed by atoms with Gasteiger partial charge in [0.1, 0.15) is 7.81 Å². The number of nitrogens with zero attached hydrogens (tertiary/aromatic N) is 1. The molecule has 0 radical (unpaired) electrons. The van der Waals surface area contributed by atoms with Gasteiger partial charge < -0.3 is 4.57 Å². The molecule has 0 aromatic carbocycles. The predicted molar refractivity (Wildman–Crippen MR) is 40.5 cm³/mol. The molecule has 0 N–H and O–H groups in total. The molecule has 0 spiro atoms. The van der Waals surface area contributed by atoms with Gasteiger partial charge in [0.2, 0.25) is 0 Å². The van der Waals surface area contributed by atoms with E-state index in [-0.39, 0.29) is 0 Å². The van der Waals surface area contributed by atoms with Crippen molar-refractivity contribution in [2.24, 2.45) is 0 Å². The fraction of sp³-hybridized carbons (Fsp3) is 0. The van der Waals surface area contributed by atoms with Crippen LogP contribution in [0.3, 0.4) is 0 Å². The lowest BCUT2D eigenvalue weighted by molar-refractivity contribution is 0.605. The third-order valence-corrected chi connectivity index (χ3v) is 0.566. The maximum absolute atomic E-state index is 8.78. The average molecular weight is 164 g/mol. The summed E-state index contributed by atoms with van der Waals surface area (Å²) in [5, 5.41) is 0. The minimum atomic E-state index is -1.03. The number of hydrogen-bond donors (Lipinski definition) is 0. The zero-order valence-corrected chi connectivity index (χ0v) is 6.61. The van der Waals surface area contributed by atoms with Crippen LogP contribution in [0.4, 0.5) is 0 Å². The molecule has 0 aliphatic rings. The van der Waals surface area contributed by atoms with Crippen LogP contribution in [0.5, 0.6) is 0 Å². The minimum absolute atomic E-state index is 1.03. The highest BCUT2D eigenvalue weighted by Crippen LogP contribution is 1.92. The molecule has 1 rings (SSSR count). The molecular weight excluding hydrogens is 156 g/mol. The lowest BCUT2D eigenvalue weighted by Gasteiger charge is -1.70. The molecule has 1 aromatic rings. The molecule has 1 atom stereocenters. The molecule has 1 aromatic heterocycles. The van der Waals surface area contributed by atoms with Crippen LogP contribution < -0.4 is 0 Å². The van der Waals surface area contributed by atoms with Crippen LogP contribution in [0.2, 0.25) is 0 Å². The van der Waals surface area contributed by atoms with Crippen LogP contribution in [-0.4, -0.2) is 4.98 Å². The Morgan fingerprint density at radius 1 is 1.22 bits per heavy atom. The van der Waals surface area contributed by atoms with Crippen molar-refractivity contribution in [3.05, 3.63) is 30.6 Å². The van der Waals surface area contributed by atoms with Crippen molar-refractivity contribution in [2.45, 2.75) is 0 Å². The molecule has 0 saturated heterocycles. The van der Waals surface area contributed by atoms with Gasteiger partial charge in [-0.1, -0.05) is 17.3 Å². The maximum Gasteiger partial charge on any atom is 0.146 e. The smallest absolute Gasteiger partial charge is 0.146 e. The van der Waals surface area contributed by atoms with E-state index >= 15 is 0 Å². The maximum atomic E-state index is 8.78. The van der Waals surface area contributed by atoms with Gasteiger partial charge in [0.05, 0.1) is 0 Å². The molecule has 0 aliphatic carbocycles. The van der Waals surface area contributed by atoms with E-state index in [1.54, 1.807) is 12.4 Å². The van der Waals surface area contributed by atoms with E-state index in [2.05, 4.69) is 16.2 Å². The first-order chi connectivity index (χ1) is 4.41. The second-order valence-electron chi connectivity index (χ2n) is 1.11. The number of hydrogen-bond acceptors (Lipinski definition) is 2. The topological polar surface area (TPSA) is 30.0 Å². The molecule has 0 fully saturated rings. The molecule has 0 aliphatic heterocycles. The van der Waals surface area contributed by atoms with Gasteiger partial charge >= 0.3 is 0 Å². The normalized spacial score (nSPS) is 8.56. The Labute approximate surface area is 59.9 Å². The van der Waals surface area contributed by atoms with Crippen molar-refractivity contribution in [1.82, 2.24) is 4.98 Å². The predicted octanol–water partition coefficient (Wildman–Crippen LogP) is 1.98. The minimum Gasteiger partial charge on any atom is -0.313 e. The molecule has 2 nitrogen and oxygen atoms in total. The summed E-state index contributed by atoms with van der Waals surface area (Å²) >= 11 is 4.53. The Morgan fingerprint density at radius 3 is 1.78 bits per heavy atom. The largest absolute Gasteiger partial charge is 0.313 e. The van der Waals surface area contributed by atoms with Crippen molar-refractivity contribution in [3.8, 4) is 0 Å². The summed E-state index contributed by atoms with van der Waals surface area (Å²) < 4.78 is 8.78. The fourth-order valence-corrected chi connectivity index (χ4v) is 0.313. The van der Waals surface area contributed by atoms with Gasteiger partial charge in [-0.15, -0.1) is 0 Å². The first kappa shape index (κ1) is 8.67. The lowest BCUT2D eigenvalue weighted by Crippen LogP contribution is -1.58. The molecule has 1 heterocycles. The Balaban J connectivity index is 0.000000187. The van der Waals surface area contributed by atoms with Crippen molar-refractivity contribution in [3.63, 3.8) is 0 Å². The molecule has 9 heavy (non-hydrogen) atoms. The monoisotopic (exact) mass is 163 g/mol. The van der Waals surface area contributed by atoms with E-state index in [9.17, 15) is 0 Å². The zero-order valence-electron chi connectivity index (χ0n) is 4.70. The molecule has 0 saturated carbocycles. The van der Waals surface area contributed by atoms with E-state index in [1.165, 1.54) is 0 Å². The van der Waals surface area contributed by atoms with Crippen molar-refractivity contribution >= 4 is 19.1 Å². The first-order valence-corrected chi connectivity index (χ1v) is 4.52. The Kier molecular flexibility index (Phi) is 7.39. The van der Waals surface area contributed by atoms with Crippen LogP contribution in [-0.2, 0) is 4.57 Å². The van der Waals surface area contributed by atoms with E-state index in [4.69, 9.17) is 4.57 Å². The summed E-state index contributed by atoms with van der Waals surface area (Å²) in [5.41, 5.74) is 0. The Hall–Kier alpha value is -0.330. The summed E-state index contributed by atoms with van der Waals surface area (Å²) in [6, 6.07) is 5.72. The quantitative estimate of drug-likeness (QED) is 0.548. The Bertz CT molecular complexity index is 120. The highest BCUT2D eigenvalue weighted by Gasteiger charge is 1.58. The number of aromatic nitrogens is 1. The van der Waals surface area contributed by atoms with Gasteiger partial charge in [0.25, 0.3) is 0 Å². The Morgan fingerprint density at radius 2 is 1.67 bits per heavy atom. The standard InChI is InChI=1S/C5H5N.ClH2OP/c1-2-4-6-5-3-1;1-3-2/h1-5H;3H2. The second kappa shape index (κ2) is 7.67. The van der Waals surface area contributed by atoms with Gasteiger partial charge in [0.15, 0.2) is 0 Å². The van der Waals surface area contributed by atoms with Crippen LogP contribution in [0.25, 0.3) is 0 Å². The number of rotatable bonds is 0. The summed E-state index contributed by atoms with van der Waals surface area (Å²) in [7, 11) is -1.03. The van der Waals surface area contributed by atoms with E-state index in [0.717, 1.165) is 0 Å². The van der Waals surface area contributed by atoms with Gasteiger partial charge in [0, 0.05) is 12.4 Å². The van der Waals surface area contributed by atoms with E-state index < -0.39 is 7.81 Å². The van der Waals surface area contributed by atoms with Crippen LogP contribution >= 0.6 is 19.1 Å². The zero-order chi connectivity index (χ0) is 6.95. The second-order valence-corrected chi connectivity index (χ2v) is 1.83. The molecule has 4 heteroatoms. The van der Waals surface area contributed by atoms with Crippen molar-refractivity contribution in [2.75, 3.05) is 0 Å². The SMILES string of the molecule is O=[PH2]Cl.c1ccncc1.